The van der Waals surface area contributed by atoms with Crippen molar-refractivity contribution in [2.45, 2.75) is 39.5 Å². The van der Waals surface area contributed by atoms with Crippen molar-refractivity contribution in [1.29, 1.82) is 0 Å². The second-order valence-electron chi connectivity index (χ2n) is 5.21. The van der Waals surface area contributed by atoms with Crippen molar-refractivity contribution in [3.63, 3.8) is 0 Å². The first-order chi connectivity index (χ1) is 10.2. The molecule has 3 heteroatoms. The summed E-state index contributed by atoms with van der Waals surface area (Å²) in [6.07, 6.45) is 1.14. The quantitative estimate of drug-likeness (QED) is 0.793. The fraction of sp³-hybridized carbons (Fsp3) is 0.333. The SMILES string of the molecule is CC[C@@H](C)NCc1ccc(OCc2ccccc2Cl)cc1. The van der Waals surface area contributed by atoms with Crippen LogP contribution in [0.5, 0.6) is 5.75 Å². The van der Waals surface area contributed by atoms with E-state index in [-0.39, 0.29) is 0 Å². The smallest absolute Gasteiger partial charge is 0.119 e. The third-order valence-corrected chi connectivity index (χ3v) is 3.91. The minimum absolute atomic E-state index is 0.490. The Balaban J connectivity index is 1.86. The van der Waals surface area contributed by atoms with Crippen molar-refractivity contribution in [2.75, 3.05) is 0 Å². The van der Waals surface area contributed by atoms with Crippen LogP contribution in [-0.4, -0.2) is 6.04 Å². The van der Waals surface area contributed by atoms with Crippen LogP contribution in [-0.2, 0) is 13.2 Å². The molecule has 0 spiro atoms. The highest BCUT2D eigenvalue weighted by Gasteiger charge is 2.02. The van der Waals surface area contributed by atoms with Crippen molar-refractivity contribution >= 4 is 11.6 Å². The second kappa shape index (κ2) is 8.06. The van der Waals surface area contributed by atoms with Gasteiger partial charge in [0, 0.05) is 23.2 Å². The standard InChI is InChI=1S/C18H22ClNO/c1-3-14(2)20-12-15-8-10-17(11-9-15)21-13-16-6-4-5-7-18(16)19/h4-11,14,20H,3,12-13H2,1-2H3/t14-/m1/s1. The Kier molecular flexibility index (Phi) is 6.09. The number of halogens is 1. The molecule has 1 atom stereocenters. The Hall–Kier alpha value is -1.51. The lowest BCUT2D eigenvalue weighted by molar-refractivity contribution is 0.306. The van der Waals surface area contributed by atoms with Crippen LogP contribution in [0, 0.1) is 0 Å². The van der Waals surface area contributed by atoms with E-state index < -0.39 is 0 Å². The largest absolute Gasteiger partial charge is 0.489 e. The van der Waals surface area contributed by atoms with Crippen LogP contribution in [0.15, 0.2) is 48.5 Å². The first-order valence-electron chi connectivity index (χ1n) is 7.37. The van der Waals surface area contributed by atoms with Gasteiger partial charge in [0.05, 0.1) is 0 Å². The van der Waals surface area contributed by atoms with Crippen LogP contribution in [0.4, 0.5) is 0 Å². The van der Waals surface area contributed by atoms with E-state index in [4.69, 9.17) is 16.3 Å². The summed E-state index contributed by atoms with van der Waals surface area (Å²) in [5.41, 5.74) is 2.27. The maximum atomic E-state index is 6.11. The monoisotopic (exact) mass is 303 g/mol. The van der Waals surface area contributed by atoms with E-state index in [2.05, 4.69) is 31.3 Å². The minimum atomic E-state index is 0.490. The fourth-order valence-corrected chi connectivity index (χ4v) is 2.11. The van der Waals surface area contributed by atoms with Crippen LogP contribution in [0.2, 0.25) is 5.02 Å². The van der Waals surface area contributed by atoms with E-state index >= 15 is 0 Å². The highest BCUT2D eigenvalue weighted by Crippen LogP contribution is 2.19. The Morgan fingerprint density at radius 2 is 1.81 bits per heavy atom. The van der Waals surface area contributed by atoms with E-state index in [1.807, 2.05) is 36.4 Å². The van der Waals surface area contributed by atoms with Crippen LogP contribution in [0.3, 0.4) is 0 Å². The molecule has 0 saturated carbocycles. The number of hydrogen-bond donors (Lipinski definition) is 1. The Labute approximate surface area is 132 Å². The molecule has 0 bridgehead atoms. The van der Waals surface area contributed by atoms with Crippen molar-refractivity contribution in [3.05, 3.63) is 64.7 Å². The molecule has 0 radical (unpaired) electrons. The molecule has 0 amide bonds. The van der Waals surface area contributed by atoms with Crippen molar-refractivity contribution < 1.29 is 4.74 Å². The summed E-state index contributed by atoms with van der Waals surface area (Å²) >= 11 is 6.11. The minimum Gasteiger partial charge on any atom is -0.489 e. The normalized spacial score (nSPS) is 12.1. The second-order valence-corrected chi connectivity index (χ2v) is 5.62. The number of rotatable bonds is 7. The number of benzene rings is 2. The Bertz CT molecular complexity index is 553. The summed E-state index contributed by atoms with van der Waals surface area (Å²) in [6, 6.07) is 16.5. The summed E-state index contributed by atoms with van der Waals surface area (Å²) in [4.78, 5) is 0. The lowest BCUT2D eigenvalue weighted by Gasteiger charge is -2.12. The predicted molar refractivity (Wildman–Crippen MR) is 88.8 cm³/mol. The topological polar surface area (TPSA) is 21.3 Å². The van der Waals surface area contributed by atoms with Crippen LogP contribution in [0.25, 0.3) is 0 Å². The lowest BCUT2D eigenvalue weighted by atomic mass is 10.2. The fourth-order valence-electron chi connectivity index (χ4n) is 1.92. The molecule has 0 aromatic heterocycles. The molecule has 0 saturated heterocycles. The zero-order chi connectivity index (χ0) is 15.1. The molecular weight excluding hydrogens is 282 g/mol. The van der Waals surface area contributed by atoms with E-state index in [0.717, 1.165) is 29.3 Å². The molecule has 21 heavy (non-hydrogen) atoms. The third-order valence-electron chi connectivity index (χ3n) is 3.54. The average molecular weight is 304 g/mol. The van der Waals surface area contributed by atoms with Crippen molar-refractivity contribution in [3.8, 4) is 5.75 Å². The van der Waals surface area contributed by atoms with Crippen LogP contribution >= 0.6 is 11.6 Å². The van der Waals surface area contributed by atoms with Crippen LogP contribution in [0.1, 0.15) is 31.4 Å². The summed E-state index contributed by atoms with van der Waals surface area (Å²) in [5, 5.41) is 4.22. The number of nitrogens with one attached hydrogen (secondary N) is 1. The van der Waals surface area contributed by atoms with Gasteiger partial charge in [0.2, 0.25) is 0 Å². The van der Waals surface area contributed by atoms with Gasteiger partial charge in [0.15, 0.2) is 0 Å². The molecule has 112 valence electrons. The van der Waals surface area contributed by atoms with Gasteiger partial charge in [0.25, 0.3) is 0 Å². The maximum absolute atomic E-state index is 6.11. The van der Waals surface area contributed by atoms with Gasteiger partial charge in [-0.2, -0.15) is 0 Å². The zero-order valence-electron chi connectivity index (χ0n) is 12.6. The molecule has 0 unspecified atom stereocenters. The molecular formula is C18H22ClNO. The molecule has 2 aromatic rings. The number of hydrogen-bond acceptors (Lipinski definition) is 2. The molecule has 2 nitrogen and oxygen atoms in total. The molecule has 0 aliphatic rings. The molecule has 0 fully saturated rings. The van der Waals surface area contributed by atoms with Gasteiger partial charge in [-0.1, -0.05) is 48.9 Å². The third kappa shape index (κ3) is 5.07. The highest BCUT2D eigenvalue weighted by atomic mass is 35.5. The van der Waals surface area contributed by atoms with Gasteiger partial charge < -0.3 is 10.1 Å². The van der Waals surface area contributed by atoms with Crippen molar-refractivity contribution in [1.82, 2.24) is 5.32 Å². The van der Waals surface area contributed by atoms with E-state index in [1.54, 1.807) is 0 Å². The van der Waals surface area contributed by atoms with Crippen LogP contribution < -0.4 is 10.1 Å². The Morgan fingerprint density at radius 1 is 1.10 bits per heavy atom. The first kappa shape index (κ1) is 15.9. The van der Waals surface area contributed by atoms with Crippen molar-refractivity contribution in [2.24, 2.45) is 0 Å². The van der Waals surface area contributed by atoms with E-state index in [9.17, 15) is 0 Å². The number of ether oxygens (including phenoxy) is 1. The molecule has 0 heterocycles. The Morgan fingerprint density at radius 3 is 2.48 bits per heavy atom. The molecule has 0 aliphatic heterocycles. The summed E-state index contributed by atoms with van der Waals surface area (Å²) in [6.45, 7) is 5.76. The van der Waals surface area contributed by atoms with Gasteiger partial charge in [-0.15, -0.1) is 0 Å². The first-order valence-corrected chi connectivity index (χ1v) is 7.75. The molecule has 0 aliphatic carbocycles. The van der Waals surface area contributed by atoms with Gasteiger partial charge >= 0.3 is 0 Å². The average Bonchev–Trinajstić information content (AvgIpc) is 2.53. The van der Waals surface area contributed by atoms with E-state index in [0.29, 0.717) is 12.6 Å². The lowest BCUT2D eigenvalue weighted by Crippen LogP contribution is -2.24. The zero-order valence-corrected chi connectivity index (χ0v) is 13.4. The van der Waals surface area contributed by atoms with Gasteiger partial charge in [-0.3, -0.25) is 0 Å². The van der Waals surface area contributed by atoms with Gasteiger partial charge in [0.1, 0.15) is 12.4 Å². The summed E-state index contributed by atoms with van der Waals surface area (Å²) < 4.78 is 5.77. The van der Waals surface area contributed by atoms with Gasteiger partial charge in [-0.25, -0.2) is 0 Å². The molecule has 2 rings (SSSR count). The molecule has 2 aromatic carbocycles. The summed E-state index contributed by atoms with van der Waals surface area (Å²) in [7, 11) is 0. The van der Waals surface area contributed by atoms with E-state index in [1.165, 1.54) is 5.56 Å². The highest BCUT2D eigenvalue weighted by molar-refractivity contribution is 6.31. The van der Waals surface area contributed by atoms with Gasteiger partial charge in [-0.05, 0) is 37.1 Å². The predicted octanol–water partition coefficient (Wildman–Crippen LogP) is 4.81. The summed E-state index contributed by atoms with van der Waals surface area (Å²) in [5.74, 6) is 0.863. The maximum Gasteiger partial charge on any atom is 0.119 e. The molecule has 1 N–H and O–H groups in total.